The number of carbonyl (C=O) groups excluding carboxylic acids is 1. The Bertz CT molecular complexity index is 1610. The molecule has 0 saturated carbocycles. The lowest BCUT2D eigenvalue weighted by atomic mass is 9.96. The van der Waals surface area contributed by atoms with Crippen molar-refractivity contribution in [3.05, 3.63) is 142 Å². The van der Waals surface area contributed by atoms with E-state index in [4.69, 9.17) is 10.2 Å². The van der Waals surface area contributed by atoms with Gasteiger partial charge in [-0.2, -0.15) is 10.2 Å². The summed E-state index contributed by atoms with van der Waals surface area (Å²) in [7, 11) is 0. The fraction of sp³-hybridized carbons (Fsp3) is 0.0938. The largest absolute Gasteiger partial charge is 0.274 e. The van der Waals surface area contributed by atoms with Gasteiger partial charge in [-0.3, -0.25) is 4.79 Å². The second-order valence-electron chi connectivity index (χ2n) is 9.37. The summed E-state index contributed by atoms with van der Waals surface area (Å²) in [4.78, 5) is 13.9. The van der Waals surface area contributed by atoms with Crippen LogP contribution in [0.3, 0.4) is 0 Å². The van der Waals surface area contributed by atoms with Gasteiger partial charge in [0.2, 0.25) is 0 Å². The van der Waals surface area contributed by atoms with Crippen molar-refractivity contribution in [2.75, 3.05) is 0 Å². The van der Waals surface area contributed by atoms with E-state index in [0.717, 1.165) is 43.8 Å². The standard InChI is InChI=1S/C32H25BrN4O/c1-22-12-14-25(15-13-22)32(38)37-30(20-29(34-37)23-16-18-26(33)19-17-23)28-21-36(27-10-6-3-7-11-27)35-31(28)24-8-4-2-5-9-24/h2-19,21,30H,20H2,1H3/t30-/m1/s1. The Morgan fingerprint density at radius 2 is 1.47 bits per heavy atom. The monoisotopic (exact) mass is 560 g/mol. The Kier molecular flexibility index (Phi) is 6.48. The fourth-order valence-electron chi connectivity index (χ4n) is 4.75. The van der Waals surface area contributed by atoms with Gasteiger partial charge in [-0.05, 0) is 48.9 Å². The molecule has 6 rings (SSSR count). The lowest BCUT2D eigenvalue weighted by molar-refractivity contribution is 0.0711. The third-order valence-corrected chi connectivity index (χ3v) is 7.29. The molecule has 1 amide bonds. The molecule has 0 radical (unpaired) electrons. The molecule has 0 bridgehead atoms. The van der Waals surface area contributed by atoms with Crippen LogP contribution in [0, 0.1) is 6.92 Å². The van der Waals surface area contributed by atoms with Gasteiger partial charge in [-0.25, -0.2) is 9.69 Å². The number of halogens is 1. The predicted molar refractivity (Wildman–Crippen MR) is 154 cm³/mol. The van der Waals surface area contributed by atoms with E-state index >= 15 is 0 Å². The minimum absolute atomic E-state index is 0.131. The molecule has 1 aliphatic rings. The summed E-state index contributed by atoms with van der Waals surface area (Å²) in [5.74, 6) is -0.131. The molecule has 1 aromatic heterocycles. The van der Waals surface area contributed by atoms with E-state index in [9.17, 15) is 4.79 Å². The lowest BCUT2D eigenvalue weighted by Gasteiger charge is -2.22. The van der Waals surface area contributed by atoms with E-state index in [-0.39, 0.29) is 11.9 Å². The third kappa shape index (κ3) is 4.71. The van der Waals surface area contributed by atoms with Crippen molar-refractivity contribution in [1.82, 2.24) is 14.8 Å². The quantitative estimate of drug-likeness (QED) is 0.222. The average Bonchev–Trinajstić information content (AvgIpc) is 3.60. The van der Waals surface area contributed by atoms with Crippen molar-refractivity contribution in [2.24, 2.45) is 5.10 Å². The maximum Gasteiger partial charge on any atom is 0.274 e. The normalized spacial score (nSPS) is 14.9. The maximum absolute atomic E-state index is 13.9. The van der Waals surface area contributed by atoms with Crippen LogP contribution in [0.1, 0.15) is 39.5 Å². The molecule has 1 aliphatic heterocycles. The highest BCUT2D eigenvalue weighted by Crippen LogP contribution is 2.39. The van der Waals surface area contributed by atoms with Crippen molar-refractivity contribution in [2.45, 2.75) is 19.4 Å². The summed E-state index contributed by atoms with van der Waals surface area (Å²) in [5, 5.41) is 11.6. The number of aryl methyl sites for hydroxylation is 1. The zero-order chi connectivity index (χ0) is 26.1. The Hall–Kier alpha value is -4.29. The minimum atomic E-state index is -0.310. The topological polar surface area (TPSA) is 50.5 Å². The molecule has 5 nitrogen and oxygen atoms in total. The summed E-state index contributed by atoms with van der Waals surface area (Å²) in [5.41, 5.74) is 7.33. The number of rotatable bonds is 5. The highest BCUT2D eigenvalue weighted by atomic mass is 79.9. The Morgan fingerprint density at radius 3 is 2.16 bits per heavy atom. The van der Waals surface area contributed by atoms with Crippen molar-refractivity contribution in [1.29, 1.82) is 0 Å². The highest BCUT2D eigenvalue weighted by molar-refractivity contribution is 9.10. The van der Waals surface area contributed by atoms with Crippen LogP contribution < -0.4 is 0 Å². The molecule has 2 heterocycles. The number of hydrogen-bond donors (Lipinski definition) is 0. The van der Waals surface area contributed by atoms with Gasteiger partial charge >= 0.3 is 0 Å². The maximum atomic E-state index is 13.9. The van der Waals surface area contributed by atoms with Crippen molar-refractivity contribution >= 4 is 27.5 Å². The Labute approximate surface area is 230 Å². The van der Waals surface area contributed by atoms with Crippen LogP contribution in [-0.2, 0) is 0 Å². The van der Waals surface area contributed by atoms with Crippen LogP contribution in [0.25, 0.3) is 16.9 Å². The lowest BCUT2D eigenvalue weighted by Crippen LogP contribution is -2.27. The Morgan fingerprint density at radius 1 is 0.816 bits per heavy atom. The molecule has 0 unspecified atom stereocenters. The molecule has 0 saturated heterocycles. The molecule has 0 aliphatic carbocycles. The molecule has 38 heavy (non-hydrogen) atoms. The van der Waals surface area contributed by atoms with Gasteiger partial charge in [-0.15, -0.1) is 0 Å². The van der Waals surface area contributed by atoms with Crippen LogP contribution in [0.2, 0.25) is 0 Å². The molecular formula is C32H25BrN4O. The first-order valence-electron chi connectivity index (χ1n) is 12.5. The van der Waals surface area contributed by atoms with E-state index < -0.39 is 0 Å². The van der Waals surface area contributed by atoms with Gasteiger partial charge in [-0.1, -0.05) is 94.3 Å². The van der Waals surface area contributed by atoms with Gasteiger partial charge in [0.1, 0.15) is 0 Å². The van der Waals surface area contributed by atoms with Crippen molar-refractivity contribution < 1.29 is 4.79 Å². The SMILES string of the molecule is Cc1ccc(C(=O)N2N=C(c3ccc(Br)cc3)C[C@@H]2c2cn(-c3ccccc3)nc2-c2ccccc2)cc1. The number of hydrazone groups is 1. The van der Waals surface area contributed by atoms with Gasteiger partial charge in [0.25, 0.3) is 5.91 Å². The number of para-hydroxylation sites is 1. The predicted octanol–water partition coefficient (Wildman–Crippen LogP) is 7.60. The van der Waals surface area contributed by atoms with Gasteiger partial charge in [0.15, 0.2) is 0 Å². The van der Waals surface area contributed by atoms with Crippen LogP contribution in [-0.4, -0.2) is 26.4 Å². The molecular weight excluding hydrogens is 536 g/mol. The molecule has 4 aromatic carbocycles. The average molecular weight is 561 g/mol. The molecule has 0 spiro atoms. The zero-order valence-corrected chi connectivity index (χ0v) is 22.4. The number of benzene rings is 4. The number of aromatic nitrogens is 2. The first kappa shape index (κ1) is 24.1. The highest BCUT2D eigenvalue weighted by Gasteiger charge is 2.36. The first-order valence-corrected chi connectivity index (χ1v) is 13.3. The van der Waals surface area contributed by atoms with Crippen LogP contribution in [0.15, 0.2) is 125 Å². The van der Waals surface area contributed by atoms with E-state index in [1.807, 2.05) is 115 Å². The van der Waals surface area contributed by atoms with E-state index in [2.05, 4.69) is 28.1 Å². The Balaban J connectivity index is 1.48. The number of carbonyl (C=O) groups is 1. The van der Waals surface area contributed by atoms with Crippen LogP contribution >= 0.6 is 15.9 Å². The molecule has 5 aromatic rings. The summed E-state index contributed by atoms with van der Waals surface area (Å²) in [6.07, 6.45) is 2.62. The first-order chi connectivity index (χ1) is 18.6. The molecule has 0 N–H and O–H groups in total. The summed E-state index contributed by atoms with van der Waals surface area (Å²) < 4.78 is 2.89. The smallest absolute Gasteiger partial charge is 0.267 e. The third-order valence-electron chi connectivity index (χ3n) is 6.76. The van der Waals surface area contributed by atoms with Gasteiger partial charge in [0.05, 0.1) is 23.1 Å². The molecule has 0 fully saturated rings. The fourth-order valence-corrected chi connectivity index (χ4v) is 5.01. The van der Waals surface area contributed by atoms with E-state index in [1.54, 1.807) is 5.01 Å². The molecule has 186 valence electrons. The molecule has 6 heteroatoms. The number of nitrogens with zero attached hydrogens (tertiary/aromatic N) is 4. The van der Waals surface area contributed by atoms with Crippen LogP contribution in [0.5, 0.6) is 0 Å². The van der Waals surface area contributed by atoms with Crippen LogP contribution in [0.4, 0.5) is 0 Å². The summed E-state index contributed by atoms with van der Waals surface area (Å²) in [6.45, 7) is 2.01. The van der Waals surface area contributed by atoms with Crippen molar-refractivity contribution in [3.63, 3.8) is 0 Å². The molecule has 1 atom stereocenters. The summed E-state index contributed by atoms with van der Waals surface area (Å²) >= 11 is 3.52. The second-order valence-corrected chi connectivity index (χ2v) is 10.3. The van der Waals surface area contributed by atoms with E-state index in [0.29, 0.717) is 12.0 Å². The van der Waals surface area contributed by atoms with Gasteiger partial charge in [0, 0.05) is 33.8 Å². The number of hydrogen-bond acceptors (Lipinski definition) is 3. The second kappa shape index (κ2) is 10.2. The zero-order valence-electron chi connectivity index (χ0n) is 20.8. The van der Waals surface area contributed by atoms with Gasteiger partial charge < -0.3 is 0 Å². The van der Waals surface area contributed by atoms with E-state index in [1.165, 1.54) is 0 Å². The summed E-state index contributed by atoms with van der Waals surface area (Å²) in [6, 6.07) is 35.6. The minimum Gasteiger partial charge on any atom is -0.267 e. The van der Waals surface area contributed by atoms with Crippen molar-refractivity contribution in [3.8, 4) is 16.9 Å². The number of amides is 1.